The molecule has 8 heteroatoms. The van der Waals surface area contributed by atoms with E-state index in [9.17, 15) is 22.0 Å². The van der Waals surface area contributed by atoms with Gasteiger partial charge in [-0.2, -0.15) is 0 Å². The molecule has 0 heterocycles. The van der Waals surface area contributed by atoms with Crippen molar-refractivity contribution in [3.05, 3.63) is 64.7 Å². The van der Waals surface area contributed by atoms with Crippen LogP contribution in [-0.2, 0) is 14.8 Å². The van der Waals surface area contributed by atoms with E-state index < -0.39 is 34.1 Å². The van der Waals surface area contributed by atoms with Crippen LogP contribution >= 0.6 is 0 Å². The largest absolute Gasteiger partial charge is 0.348 e. The number of amides is 1. The van der Waals surface area contributed by atoms with Gasteiger partial charge < -0.3 is 5.32 Å². The Morgan fingerprint density at radius 1 is 1.14 bits per heavy atom. The average molecular weight is 410 g/mol. The third-order valence-corrected chi connectivity index (χ3v) is 5.54. The number of nitrogens with one attached hydrogen (secondary N) is 1. The predicted molar refractivity (Wildman–Crippen MR) is 106 cm³/mol. The van der Waals surface area contributed by atoms with Gasteiger partial charge in [0.25, 0.3) is 0 Å². The van der Waals surface area contributed by atoms with Crippen LogP contribution in [0.25, 0.3) is 0 Å². The second-order valence-electron chi connectivity index (χ2n) is 6.75. The number of carbonyl (C=O) groups excluding carboxylic acids is 1. The SMILES string of the molecule is CC[C@@H](NC(=O)CN(c1ccc(F)cc1F)S(C)(=O)=O)c1ccc(C)cc1C. The van der Waals surface area contributed by atoms with Gasteiger partial charge in [-0.25, -0.2) is 17.2 Å². The molecule has 0 aliphatic rings. The zero-order valence-corrected chi connectivity index (χ0v) is 17.1. The van der Waals surface area contributed by atoms with E-state index in [0.29, 0.717) is 16.8 Å². The van der Waals surface area contributed by atoms with Gasteiger partial charge in [-0.1, -0.05) is 30.7 Å². The molecule has 0 saturated heterocycles. The first-order chi connectivity index (χ1) is 13.0. The van der Waals surface area contributed by atoms with Crippen LogP contribution in [0.2, 0.25) is 0 Å². The topological polar surface area (TPSA) is 66.5 Å². The van der Waals surface area contributed by atoms with Crippen LogP contribution in [0.4, 0.5) is 14.5 Å². The van der Waals surface area contributed by atoms with Crippen molar-refractivity contribution < 1.29 is 22.0 Å². The highest BCUT2D eigenvalue weighted by Gasteiger charge is 2.25. The van der Waals surface area contributed by atoms with E-state index in [2.05, 4.69) is 5.32 Å². The maximum Gasteiger partial charge on any atom is 0.241 e. The molecule has 2 aromatic carbocycles. The minimum Gasteiger partial charge on any atom is -0.348 e. The third kappa shape index (κ3) is 5.28. The molecule has 0 aromatic heterocycles. The fraction of sp³-hybridized carbons (Fsp3) is 0.350. The van der Waals surface area contributed by atoms with E-state index in [0.717, 1.165) is 35.1 Å². The Bertz CT molecular complexity index is 977. The smallest absolute Gasteiger partial charge is 0.241 e. The number of nitrogens with zero attached hydrogens (tertiary/aromatic N) is 1. The van der Waals surface area contributed by atoms with Crippen LogP contribution in [0.3, 0.4) is 0 Å². The Labute approximate surface area is 164 Å². The molecule has 0 radical (unpaired) electrons. The summed E-state index contributed by atoms with van der Waals surface area (Å²) in [4.78, 5) is 12.6. The highest BCUT2D eigenvalue weighted by Crippen LogP contribution is 2.24. The van der Waals surface area contributed by atoms with Crippen molar-refractivity contribution in [2.45, 2.75) is 33.2 Å². The first kappa shape index (κ1) is 21.8. The summed E-state index contributed by atoms with van der Waals surface area (Å²) in [5.41, 5.74) is 2.66. The molecule has 5 nitrogen and oxygen atoms in total. The lowest BCUT2D eigenvalue weighted by atomic mass is 9.97. The summed E-state index contributed by atoms with van der Waals surface area (Å²) in [5, 5.41) is 2.80. The summed E-state index contributed by atoms with van der Waals surface area (Å²) in [7, 11) is -3.96. The van der Waals surface area contributed by atoms with Gasteiger partial charge >= 0.3 is 0 Å². The Balaban J connectivity index is 2.26. The van der Waals surface area contributed by atoms with Crippen molar-refractivity contribution in [2.75, 3.05) is 17.1 Å². The van der Waals surface area contributed by atoms with E-state index in [1.54, 1.807) is 0 Å². The van der Waals surface area contributed by atoms with Crippen LogP contribution in [0.5, 0.6) is 0 Å². The van der Waals surface area contributed by atoms with Crippen molar-refractivity contribution in [1.82, 2.24) is 5.32 Å². The lowest BCUT2D eigenvalue weighted by molar-refractivity contribution is -0.120. The molecule has 0 fully saturated rings. The monoisotopic (exact) mass is 410 g/mol. The Hall–Kier alpha value is -2.48. The van der Waals surface area contributed by atoms with Crippen LogP contribution in [-0.4, -0.2) is 27.1 Å². The molecule has 0 aliphatic carbocycles. The Morgan fingerprint density at radius 2 is 1.82 bits per heavy atom. The molecule has 0 bridgehead atoms. The van der Waals surface area contributed by atoms with Crippen LogP contribution < -0.4 is 9.62 Å². The molecular weight excluding hydrogens is 386 g/mol. The highest BCUT2D eigenvalue weighted by molar-refractivity contribution is 7.92. The Kier molecular flexibility index (Phi) is 6.77. The van der Waals surface area contributed by atoms with Gasteiger partial charge in [0.15, 0.2) is 0 Å². The van der Waals surface area contributed by atoms with E-state index in [1.165, 1.54) is 0 Å². The first-order valence-electron chi connectivity index (χ1n) is 8.82. The van der Waals surface area contributed by atoms with Gasteiger partial charge in [0.1, 0.15) is 18.2 Å². The molecule has 0 unspecified atom stereocenters. The standard InChI is InChI=1S/C20H24F2N2O3S/c1-5-18(16-8-6-13(2)10-14(16)3)23-20(25)12-24(28(4,26)27)19-9-7-15(21)11-17(19)22/h6-11,18H,5,12H2,1-4H3,(H,23,25)/t18-/m1/s1. The van der Waals surface area contributed by atoms with Crippen molar-refractivity contribution in [3.8, 4) is 0 Å². The maximum absolute atomic E-state index is 14.1. The number of hydrogen-bond donors (Lipinski definition) is 1. The normalized spacial score (nSPS) is 12.5. The number of carbonyl (C=O) groups is 1. The second-order valence-corrected chi connectivity index (χ2v) is 8.66. The van der Waals surface area contributed by atoms with Gasteiger partial charge in [0.2, 0.25) is 15.9 Å². The summed E-state index contributed by atoms with van der Waals surface area (Å²) >= 11 is 0. The van der Waals surface area contributed by atoms with Gasteiger partial charge in [0, 0.05) is 6.07 Å². The molecule has 0 spiro atoms. The molecule has 0 saturated carbocycles. The quantitative estimate of drug-likeness (QED) is 0.758. The molecule has 1 atom stereocenters. The summed E-state index contributed by atoms with van der Waals surface area (Å²) in [6.45, 7) is 5.20. The molecule has 0 aliphatic heterocycles. The van der Waals surface area contributed by atoms with E-state index in [1.807, 2.05) is 39.0 Å². The van der Waals surface area contributed by atoms with Crippen LogP contribution in [0.15, 0.2) is 36.4 Å². The molecule has 2 rings (SSSR count). The van der Waals surface area contributed by atoms with Crippen molar-refractivity contribution in [2.24, 2.45) is 0 Å². The summed E-state index contributed by atoms with van der Waals surface area (Å²) < 4.78 is 52.1. The highest BCUT2D eigenvalue weighted by atomic mass is 32.2. The van der Waals surface area contributed by atoms with Crippen LogP contribution in [0, 0.1) is 25.5 Å². The first-order valence-corrected chi connectivity index (χ1v) is 10.7. The van der Waals surface area contributed by atoms with E-state index in [-0.39, 0.29) is 11.7 Å². The van der Waals surface area contributed by atoms with Crippen molar-refractivity contribution in [1.29, 1.82) is 0 Å². The molecule has 1 amide bonds. The average Bonchev–Trinajstić information content (AvgIpc) is 2.58. The molecule has 28 heavy (non-hydrogen) atoms. The van der Waals surface area contributed by atoms with Gasteiger partial charge in [-0.3, -0.25) is 9.10 Å². The fourth-order valence-corrected chi connectivity index (χ4v) is 3.91. The lowest BCUT2D eigenvalue weighted by Gasteiger charge is -2.25. The number of hydrogen-bond acceptors (Lipinski definition) is 3. The summed E-state index contributed by atoms with van der Waals surface area (Å²) in [5.74, 6) is -2.47. The number of halogens is 2. The third-order valence-electron chi connectivity index (χ3n) is 4.41. The lowest BCUT2D eigenvalue weighted by Crippen LogP contribution is -2.42. The number of sulfonamides is 1. The fourth-order valence-electron chi connectivity index (χ4n) is 3.05. The maximum atomic E-state index is 14.1. The van der Waals surface area contributed by atoms with E-state index >= 15 is 0 Å². The predicted octanol–water partition coefficient (Wildman–Crippen LogP) is 3.62. The number of rotatable bonds is 7. The number of anilines is 1. The van der Waals surface area contributed by atoms with Gasteiger partial charge in [0.05, 0.1) is 18.0 Å². The van der Waals surface area contributed by atoms with Gasteiger partial charge in [-0.15, -0.1) is 0 Å². The minimum atomic E-state index is -3.96. The molecular formula is C20H24F2N2O3S. The van der Waals surface area contributed by atoms with Crippen molar-refractivity contribution in [3.63, 3.8) is 0 Å². The Morgan fingerprint density at radius 3 is 2.36 bits per heavy atom. The minimum absolute atomic E-state index is 0.312. The summed E-state index contributed by atoms with van der Waals surface area (Å²) in [6, 6.07) is 8.07. The molecule has 152 valence electrons. The van der Waals surface area contributed by atoms with Crippen LogP contribution in [0.1, 0.15) is 36.1 Å². The van der Waals surface area contributed by atoms with E-state index in [4.69, 9.17) is 0 Å². The van der Waals surface area contributed by atoms with Gasteiger partial charge in [-0.05, 0) is 43.5 Å². The molecule has 1 N–H and O–H groups in total. The zero-order valence-electron chi connectivity index (χ0n) is 16.3. The number of aryl methyl sites for hydroxylation is 2. The molecule has 2 aromatic rings. The second kappa shape index (κ2) is 8.68. The zero-order chi connectivity index (χ0) is 21.1. The van der Waals surface area contributed by atoms with Crippen molar-refractivity contribution >= 4 is 21.6 Å². The summed E-state index contributed by atoms with van der Waals surface area (Å²) in [6.07, 6.45) is 1.46. The number of benzene rings is 2.